The molecule has 0 heterocycles. The highest BCUT2D eigenvalue weighted by molar-refractivity contribution is 8.00. The summed E-state index contributed by atoms with van der Waals surface area (Å²) in [5.74, 6) is 0.691. The molecule has 1 aliphatic rings. The van der Waals surface area contributed by atoms with Crippen molar-refractivity contribution >= 4 is 11.8 Å². The minimum Gasteiger partial charge on any atom is -0.328 e. The van der Waals surface area contributed by atoms with E-state index >= 15 is 0 Å². The molecular weight excluding hydrogens is 257 g/mol. The second-order valence-corrected chi connectivity index (χ2v) is 7.23. The lowest BCUT2D eigenvalue weighted by Crippen LogP contribution is -2.19. The van der Waals surface area contributed by atoms with Gasteiger partial charge in [0.15, 0.2) is 0 Å². The second-order valence-electron chi connectivity index (χ2n) is 5.92. The van der Waals surface area contributed by atoms with Gasteiger partial charge in [0.25, 0.3) is 0 Å². The van der Waals surface area contributed by atoms with Crippen molar-refractivity contribution in [2.75, 3.05) is 0 Å². The Kier molecular flexibility index (Phi) is 5.28. The van der Waals surface area contributed by atoms with Crippen LogP contribution >= 0.6 is 11.8 Å². The fourth-order valence-electron chi connectivity index (χ4n) is 2.85. The van der Waals surface area contributed by atoms with Crippen LogP contribution in [0.15, 0.2) is 23.1 Å². The van der Waals surface area contributed by atoms with Crippen LogP contribution in [0.5, 0.6) is 0 Å². The van der Waals surface area contributed by atoms with Crippen LogP contribution in [0.4, 0.5) is 4.39 Å². The average molecular weight is 281 g/mol. The summed E-state index contributed by atoms with van der Waals surface area (Å²) >= 11 is 1.73. The predicted octanol–water partition coefficient (Wildman–Crippen LogP) is 4.39. The highest BCUT2D eigenvalue weighted by atomic mass is 32.2. The van der Waals surface area contributed by atoms with E-state index in [1.54, 1.807) is 23.9 Å². The largest absolute Gasteiger partial charge is 0.328 e. The molecular formula is C16H24FNS. The first-order valence-corrected chi connectivity index (χ1v) is 8.14. The predicted molar refractivity (Wildman–Crippen MR) is 81.0 cm³/mol. The molecule has 0 amide bonds. The van der Waals surface area contributed by atoms with Crippen molar-refractivity contribution < 1.29 is 4.39 Å². The third-order valence-corrected chi connectivity index (χ3v) is 5.22. The zero-order chi connectivity index (χ0) is 13.8. The number of hydrogen-bond donors (Lipinski definition) is 1. The molecule has 2 N–H and O–H groups in total. The molecule has 106 valence electrons. The van der Waals surface area contributed by atoms with Gasteiger partial charge in [0, 0.05) is 16.2 Å². The molecule has 1 fully saturated rings. The number of hydrogen-bond acceptors (Lipinski definition) is 2. The second kappa shape index (κ2) is 6.76. The summed E-state index contributed by atoms with van der Waals surface area (Å²) in [5, 5.41) is 0.562. The molecule has 0 radical (unpaired) electrons. The summed E-state index contributed by atoms with van der Waals surface area (Å²) in [6.45, 7) is 4.28. The molecule has 0 saturated heterocycles. The van der Waals surface area contributed by atoms with Crippen molar-refractivity contribution in [3.63, 3.8) is 0 Å². The molecule has 1 saturated carbocycles. The molecule has 0 aromatic heterocycles. The summed E-state index contributed by atoms with van der Waals surface area (Å²) in [4.78, 5) is 0.832. The van der Waals surface area contributed by atoms with Crippen molar-refractivity contribution in [3.05, 3.63) is 29.6 Å². The monoisotopic (exact) mass is 281 g/mol. The van der Waals surface area contributed by atoms with Gasteiger partial charge in [-0.05, 0) is 43.7 Å². The van der Waals surface area contributed by atoms with Gasteiger partial charge in [-0.15, -0.1) is 11.8 Å². The van der Waals surface area contributed by atoms with Crippen LogP contribution in [0.3, 0.4) is 0 Å². The van der Waals surface area contributed by atoms with E-state index in [1.165, 1.54) is 25.7 Å². The van der Waals surface area contributed by atoms with Gasteiger partial charge in [0.05, 0.1) is 0 Å². The normalized spacial score (nSPS) is 25.3. The van der Waals surface area contributed by atoms with Crippen LogP contribution in [0.2, 0.25) is 0 Å². The van der Waals surface area contributed by atoms with Crippen LogP contribution in [-0.4, -0.2) is 11.3 Å². The maximum absolute atomic E-state index is 14.1. The first-order chi connectivity index (χ1) is 9.06. The van der Waals surface area contributed by atoms with Crippen LogP contribution in [-0.2, 0) is 6.42 Å². The van der Waals surface area contributed by atoms with E-state index in [4.69, 9.17) is 5.73 Å². The standard InChI is InChI=1S/C16H24FNS/c1-11-5-3-7-14(9-11)19-16-13(10-12(2)18)6-4-8-15(16)17/h4,6,8,11-12,14H,3,5,7,9-10,18H2,1-2H3. The van der Waals surface area contributed by atoms with Gasteiger partial charge >= 0.3 is 0 Å². The molecule has 1 nitrogen and oxygen atoms in total. The lowest BCUT2D eigenvalue weighted by Gasteiger charge is -2.27. The van der Waals surface area contributed by atoms with Gasteiger partial charge in [0.1, 0.15) is 5.82 Å². The fourth-order valence-corrected chi connectivity index (χ4v) is 4.37. The zero-order valence-corrected chi connectivity index (χ0v) is 12.7. The van der Waals surface area contributed by atoms with Gasteiger partial charge in [-0.1, -0.05) is 31.9 Å². The molecule has 1 aliphatic carbocycles. The van der Waals surface area contributed by atoms with E-state index in [-0.39, 0.29) is 11.9 Å². The van der Waals surface area contributed by atoms with E-state index in [0.717, 1.165) is 22.8 Å². The lowest BCUT2D eigenvalue weighted by molar-refractivity contribution is 0.394. The van der Waals surface area contributed by atoms with Crippen LogP contribution < -0.4 is 5.73 Å². The summed E-state index contributed by atoms with van der Waals surface area (Å²) < 4.78 is 14.1. The van der Waals surface area contributed by atoms with Crippen molar-refractivity contribution in [2.45, 2.75) is 62.1 Å². The Balaban J connectivity index is 2.13. The molecule has 0 bridgehead atoms. The minimum atomic E-state index is -0.0821. The quantitative estimate of drug-likeness (QED) is 0.886. The van der Waals surface area contributed by atoms with Gasteiger partial charge < -0.3 is 5.73 Å². The van der Waals surface area contributed by atoms with Crippen LogP contribution in [0.25, 0.3) is 0 Å². The van der Waals surface area contributed by atoms with Gasteiger partial charge in [-0.3, -0.25) is 0 Å². The van der Waals surface area contributed by atoms with Crippen molar-refractivity contribution in [1.29, 1.82) is 0 Å². The first kappa shape index (κ1) is 14.9. The lowest BCUT2D eigenvalue weighted by atomic mass is 9.91. The SMILES string of the molecule is CC(N)Cc1cccc(F)c1SC1CCCC(C)C1. The van der Waals surface area contributed by atoms with Crippen LogP contribution in [0, 0.1) is 11.7 Å². The first-order valence-electron chi connectivity index (χ1n) is 7.26. The van der Waals surface area contributed by atoms with E-state index < -0.39 is 0 Å². The Morgan fingerprint density at radius 3 is 2.89 bits per heavy atom. The van der Waals surface area contributed by atoms with Gasteiger partial charge in [-0.2, -0.15) is 0 Å². The maximum atomic E-state index is 14.1. The number of nitrogens with two attached hydrogens (primary N) is 1. The Bertz CT molecular complexity index is 419. The molecule has 3 atom stereocenters. The molecule has 0 aliphatic heterocycles. The molecule has 3 unspecified atom stereocenters. The highest BCUT2D eigenvalue weighted by Crippen LogP contribution is 2.38. The minimum absolute atomic E-state index is 0.0754. The van der Waals surface area contributed by atoms with E-state index in [1.807, 2.05) is 13.0 Å². The molecule has 3 heteroatoms. The van der Waals surface area contributed by atoms with Crippen molar-refractivity contribution in [1.82, 2.24) is 0 Å². The molecule has 2 rings (SSSR count). The fraction of sp³-hybridized carbons (Fsp3) is 0.625. The Labute approximate surface area is 120 Å². The van der Waals surface area contributed by atoms with E-state index in [2.05, 4.69) is 6.92 Å². The Morgan fingerprint density at radius 2 is 2.21 bits per heavy atom. The Hall–Kier alpha value is -0.540. The summed E-state index contributed by atoms with van der Waals surface area (Å²) in [6.07, 6.45) is 5.76. The molecule has 0 spiro atoms. The third kappa shape index (κ3) is 4.22. The molecule has 19 heavy (non-hydrogen) atoms. The summed E-state index contributed by atoms with van der Waals surface area (Å²) in [6, 6.07) is 5.45. The summed E-state index contributed by atoms with van der Waals surface area (Å²) in [7, 11) is 0. The van der Waals surface area contributed by atoms with E-state index in [9.17, 15) is 4.39 Å². The number of halogens is 1. The molecule has 1 aromatic carbocycles. The maximum Gasteiger partial charge on any atom is 0.137 e. The average Bonchev–Trinajstić information content (AvgIpc) is 2.33. The number of thioether (sulfide) groups is 1. The van der Waals surface area contributed by atoms with Gasteiger partial charge in [-0.25, -0.2) is 4.39 Å². The van der Waals surface area contributed by atoms with Gasteiger partial charge in [0.2, 0.25) is 0 Å². The Morgan fingerprint density at radius 1 is 1.42 bits per heavy atom. The molecule has 1 aromatic rings. The van der Waals surface area contributed by atoms with Crippen molar-refractivity contribution in [3.8, 4) is 0 Å². The number of rotatable bonds is 4. The zero-order valence-electron chi connectivity index (χ0n) is 11.9. The highest BCUT2D eigenvalue weighted by Gasteiger charge is 2.22. The topological polar surface area (TPSA) is 26.0 Å². The van der Waals surface area contributed by atoms with Crippen molar-refractivity contribution in [2.24, 2.45) is 11.7 Å². The third-order valence-electron chi connectivity index (χ3n) is 3.76. The number of benzene rings is 1. The van der Waals surface area contributed by atoms with E-state index in [0.29, 0.717) is 5.25 Å². The van der Waals surface area contributed by atoms with Crippen LogP contribution in [0.1, 0.15) is 45.1 Å². The summed E-state index contributed by atoms with van der Waals surface area (Å²) in [5.41, 5.74) is 6.93. The smallest absolute Gasteiger partial charge is 0.137 e.